The van der Waals surface area contributed by atoms with E-state index in [0.717, 1.165) is 24.6 Å². The fraction of sp³-hybridized carbons (Fsp3) is 0.312. The number of aromatic nitrogens is 1. The lowest BCUT2D eigenvalue weighted by Crippen LogP contribution is -2.39. The molecule has 1 aromatic heterocycles. The highest BCUT2D eigenvalue weighted by atomic mass is 35.5. The number of hydrogen-bond acceptors (Lipinski definition) is 1. The van der Waals surface area contributed by atoms with Gasteiger partial charge >= 0.3 is 0 Å². The molecule has 0 spiro atoms. The molecule has 2 aromatic rings. The lowest BCUT2D eigenvalue weighted by molar-refractivity contribution is 0.626. The molecule has 0 unspecified atom stereocenters. The molecule has 2 N–H and O–H groups in total. The number of aliphatic imine (C=N–C) groups is 1. The van der Waals surface area contributed by atoms with Gasteiger partial charge in [0.2, 0.25) is 0 Å². The monoisotopic (exact) mass is 322 g/mol. The van der Waals surface area contributed by atoms with Gasteiger partial charge in [0.05, 0.1) is 0 Å². The summed E-state index contributed by atoms with van der Waals surface area (Å²) in [5, 5.41) is 6.92. The van der Waals surface area contributed by atoms with Crippen molar-refractivity contribution in [3.63, 3.8) is 0 Å². The Labute approximate surface area is 135 Å². The maximum absolute atomic E-state index is 13.0. The van der Waals surface area contributed by atoms with E-state index in [-0.39, 0.29) is 5.82 Å². The molecule has 0 fully saturated rings. The van der Waals surface area contributed by atoms with Gasteiger partial charge in [-0.3, -0.25) is 4.99 Å². The summed E-state index contributed by atoms with van der Waals surface area (Å²) in [5.74, 6) is 0.426. The second-order valence-corrected chi connectivity index (χ2v) is 5.24. The summed E-state index contributed by atoms with van der Waals surface area (Å²) in [6.07, 6.45) is 4.75. The number of nitrogens with zero attached hydrogens (tertiary/aromatic N) is 2. The van der Waals surface area contributed by atoms with Crippen LogP contribution in [0.1, 0.15) is 5.56 Å². The van der Waals surface area contributed by atoms with Gasteiger partial charge in [0.25, 0.3) is 0 Å². The highest BCUT2D eigenvalue weighted by Crippen LogP contribution is 2.17. The van der Waals surface area contributed by atoms with Crippen molar-refractivity contribution in [2.24, 2.45) is 4.99 Å². The molecular weight excluding hydrogens is 303 g/mol. The minimum absolute atomic E-state index is 0.316. The first-order valence-electron chi connectivity index (χ1n) is 7.18. The Morgan fingerprint density at radius 1 is 1.23 bits per heavy atom. The van der Waals surface area contributed by atoms with E-state index in [4.69, 9.17) is 11.6 Å². The minimum Gasteiger partial charge on any atom is -0.356 e. The number of halogens is 2. The number of hydrogen-bond donors (Lipinski definition) is 2. The van der Waals surface area contributed by atoms with Crippen LogP contribution in [0.15, 0.2) is 47.7 Å². The van der Waals surface area contributed by atoms with Crippen molar-refractivity contribution in [1.82, 2.24) is 15.2 Å². The number of nitrogens with one attached hydrogen (secondary N) is 2. The fourth-order valence-electron chi connectivity index (χ4n) is 2.08. The van der Waals surface area contributed by atoms with Crippen LogP contribution in [-0.4, -0.2) is 30.7 Å². The smallest absolute Gasteiger partial charge is 0.191 e. The number of benzene rings is 1. The van der Waals surface area contributed by atoms with E-state index >= 15 is 0 Å². The molecule has 0 amide bonds. The van der Waals surface area contributed by atoms with Crippen LogP contribution in [0.2, 0.25) is 5.02 Å². The van der Waals surface area contributed by atoms with Gasteiger partial charge in [-0.25, -0.2) is 4.39 Å². The highest BCUT2D eigenvalue weighted by molar-refractivity contribution is 6.31. The van der Waals surface area contributed by atoms with Crippen molar-refractivity contribution in [1.29, 1.82) is 0 Å². The zero-order valence-corrected chi connectivity index (χ0v) is 13.3. The SMILES string of the molecule is CN=C(NCCc1ccc(F)cc1Cl)NCCn1cccc1. The van der Waals surface area contributed by atoms with E-state index in [1.165, 1.54) is 12.1 Å². The normalized spacial score (nSPS) is 11.5. The van der Waals surface area contributed by atoms with Crippen molar-refractivity contribution >= 4 is 17.6 Å². The summed E-state index contributed by atoms with van der Waals surface area (Å²) >= 11 is 6.00. The van der Waals surface area contributed by atoms with E-state index in [0.29, 0.717) is 18.0 Å². The molecule has 0 bridgehead atoms. The molecule has 0 atom stereocenters. The van der Waals surface area contributed by atoms with Crippen LogP contribution in [0.5, 0.6) is 0 Å². The second kappa shape index (κ2) is 8.44. The molecule has 0 aliphatic carbocycles. The molecule has 118 valence electrons. The summed E-state index contributed by atoms with van der Waals surface area (Å²) in [4.78, 5) is 4.17. The third-order valence-corrected chi connectivity index (χ3v) is 3.61. The van der Waals surface area contributed by atoms with Crippen LogP contribution in [0.3, 0.4) is 0 Å². The molecular formula is C16H20ClFN4. The van der Waals surface area contributed by atoms with Gasteiger partial charge < -0.3 is 15.2 Å². The zero-order valence-electron chi connectivity index (χ0n) is 12.5. The van der Waals surface area contributed by atoms with E-state index in [2.05, 4.69) is 20.2 Å². The lowest BCUT2D eigenvalue weighted by atomic mass is 10.1. The summed E-state index contributed by atoms with van der Waals surface area (Å²) in [7, 11) is 1.73. The Kier molecular flexibility index (Phi) is 6.27. The molecule has 1 heterocycles. The molecule has 0 saturated heterocycles. The van der Waals surface area contributed by atoms with Gasteiger partial charge in [-0.2, -0.15) is 0 Å². The van der Waals surface area contributed by atoms with Gasteiger partial charge in [0.1, 0.15) is 5.82 Å². The van der Waals surface area contributed by atoms with Crippen LogP contribution in [0.4, 0.5) is 4.39 Å². The van der Waals surface area contributed by atoms with Crippen LogP contribution in [0.25, 0.3) is 0 Å². The molecule has 0 saturated carbocycles. The maximum Gasteiger partial charge on any atom is 0.191 e. The quantitative estimate of drug-likeness (QED) is 0.634. The largest absolute Gasteiger partial charge is 0.356 e. The zero-order chi connectivity index (χ0) is 15.8. The summed E-state index contributed by atoms with van der Waals surface area (Å²) in [5.41, 5.74) is 0.915. The Balaban J connectivity index is 1.72. The number of rotatable bonds is 6. The topological polar surface area (TPSA) is 41.4 Å². The van der Waals surface area contributed by atoms with E-state index < -0.39 is 0 Å². The van der Waals surface area contributed by atoms with Gasteiger partial charge in [-0.1, -0.05) is 17.7 Å². The van der Waals surface area contributed by atoms with E-state index in [9.17, 15) is 4.39 Å². The van der Waals surface area contributed by atoms with Crippen LogP contribution >= 0.6 is 11.6 Å². The van der Waals surface area contributed by atoms with Crippen molar-refractivity contribution in [2.45, 2.75) is 13.0 Å². The molecule has 1 aromatic carbocycles. The summed E-state index contributed by atoms with van der Waals surface area (Å²) in [6, 6.07) is 8.47. The van der Waals surface area contributed by atoms with Crippen molar-refractivity contribution in [3.8, 4) is 0 Å². The van der Waals surface area contributed by atoms with Crippen molar-refractivity contribution in [2.75, 3.05) is 20.1 Å². The highest BCUT2D eigenvalue weighted by Gasteiger charge is 2.03. The Morgan fingerprint density at radius 3 is 2.64 bits per heavy atom. The number of guanidine groups is 1. The molecule has 22 heavy (non-hydrogen) atoms. The van der Waals surface area contributed by atoms with Crippen molar-refractivity contribution < 1.29 is 4.39 Å². The molecule has 4 nitrogen and oxygen atoms in total. The van der Waals surface area contributed by atoms with Gasteiger partial charge in [-0.05, 0) is 36.2 Å². The third-order valence-electron chi connectivity index (χ3n) is 3.25. The first kappa shape index (κ1) is 16.4. The van der Waals surface area contributed by atoms with E-state index in [1.807, 2.05) is 24.5 Å². The average Bonchev–Trinajstić information content (AvgIpc) is 3.01. The van der Waals surface area contributed by atoms with Crippen LogP contribution in [0, 0.1) is 5.82 Å². The van der Waals surface area contributed by atoms with Gasteiger partial charge in [0.15, 0.2) is 5.96 Å². The summed E-state index contributed by atoms with van der Waals surface area (Å²) < 4.78 is 15.1. The Bertz CT molecular complexity index is 611. The molecule has 0 aliphatic heterocycles. The molecule has 0 radical (unpaired) electrons. The average molecular weight is 323 g/mol. The second-order valence-electron chi connectivity index (χ2n) is 4.83. The van der Waals surface area contributed by atoms with Crippen molar-refractivity contribution in [3.05, 3.63) is 59.1 Å². The fourth-order valence-corrected chi connectivity index (χ4v) is 2.34. The predicted molar refractivity (Wildman–Crippen MR) is 88.9 cm³/mol. The van der Waals surface area contributed by atoms with Crippen LogP contribution < -0.4 is 10.6 Å². The first-order valence-corrected chi connectivity index (χ1v) is 7.56. The van der Waals surface area contributed by atoms with E-state index in [1.54, 1.807) is 13.1 Å². The Hall–Kier alpha value is -2.01. The first-order chi connectivity index (χ1) is 10.7. The van der Waals surface area contributed by atoms with Gasteiger partial charge in [-0.15, -0.1) is 0 Å². The van der Waals surface area contributed by atoms with Gasteiger partial charge in [0, 0.05) is 44.1 Å². The molecule has 6 heteroatoms. The third kappa shape index (κ3) is 5.07. The summed E-state index contributed by atoms with van der Waals surface area (Å²) in [6.45, 7) is 2.33. The molecule has 2 rings (SSSR count). The maximum atomic E-state index is 13.0. The Morgan fingerprint density at radius 2 is 1.95 bits per heavy atom. The van der Waals surface area contributed by atoms with Crippen LogP contribution in [-0.2, 0) is 13.0 Å². The minimum atomic E-state index is -0.316. The molecule has 0 aliphatic rings. The lowest BCUT2D eigenvalue weighted by Gasteiger charge is -2.12. The predicted octanol–water partition coefficient (Wildman–Crippen LogP) is 2.69. The standard InChI is InChI=1S/C16H20ClFN4/c1-19-16(21-8-11-22-9-2-3-10-22)20-7-6-13-4-5-14(18)12-15(13)17/h2-5,9-10,12H,6-8,11H2,1H3,(H2,19,20,21).